The van der Waals surface area contributed by atoms with Gasteiger partial charge < -0.3 is 4.90 Å². The molecule has 0 N–H and O–H groups in total. The van der Waals surface area contributed by atoms with Gasteiger partial charge in [0.25, 0.3) is 5.69 Å². The van der Waals surface area contributed by atoms with Crippen molar-refractivity contribution in [1.82, 2.24) is 0 Å². The van der Waals surface area contributed by atoms with Crippen molar-refractivity contribution in [3.8, 4) is 0 Å². The minimum absolute atomic E-state index is 0.0279. The van der Waals surface area contributed by atoms with Crippen LogP contribution in [0.4, 0.5) is 11.4 Å². The Kier molecular flexibility index (Phi) is 4.11. The Balaban J connectivity index is 2.07. The Labute approximate surface area is 138 Å². The van der Waals surface area contributed by atoms with E-state index >= 15 is 0 Å². The van der Waals surface area contributed by atoms with Gasteiger partial charge in [-0.25, -0.2) is 8.42 Å². The standard InChI is InChI=1S/C15H16N2O4S2/c1-23(20,21)11-6-7-12(14(10-11)17(18)19)16-8-2-4-13(16)15-5-3-9-22-15/h3,5-7,9-10,13H,2,4,8H2,1H3/t13-/m0/s1. The molecule has 1 fully saturated rings. The predicted molar refractivity (Wildman–Crippen MR) is 89.8 cm³/mol. The third-order valence-electron chi connectivity index (χ3n) is 4.01. The Bertz CT molecular complexity index is 831. The van der Waals surface area contributed by atoms with Crippen LogP contribution in [0, 0.1) is 10.1 Å². The van der Waals surface area contributed by atoms with Crippen molar-refractivity contribution in [3.63, 3.8) is 0 Å². The van der Waals surface area contributed by atoms with Crippen molar-refractivity contribution >= 4 is 32.5 Å². The molecule has 1 aliphatic rings. The number of anilines is 1. The third-order valence-corrected chi connectivity index (χ3v) is 6.09. The lowest BCUT2D eigenvalue weighted by Crippen LogP contribution is -2.23. The van der Waals surface area contributed by atoms with Gasteiger partial charge in [0.15, 0.2) is 9.84 Å². The van der Waals surface area contributed by atoms with Gasteiger partial charge >= 0.3 is 0 Å². The van der Waals surface area contributed by atoms with Gasteiger partial charge in [0.05, 0.1) is 15.9 Å². The van der Waals surface area contributed by atoms with Gasteiger partial charge in [-0.3, -0.25) is 10.1 Å². The van der Waals surface area contributed by atoms with Gasteiger partial charge in [-0.1, -0.05) is 6.07 Å². The summed E-state index contributed by atoms with van der Waals surface area (Å²) in [4.78, 5) is 14.1. The molecule has 122 valence electrons. The molecular formula is C15H16N2O4S2. The summed E-state index contributed by atoms with van der Waals surface area (Å²) < 4.78 is 23.3. The molecular weight excluding hydrogens is 336 g/mol. The molecule has 2 heterocycles. The van der Waals surface area contributed by atoms with Gasteiger partial charge in [-0.15, -0.1) is 11.3 Å². The second kappa shape index (κ2) is 5.93. The molecule has 8 heteroatoms. The fraction of sp³-hybridized carbons (Fsp3) is 0.333. The smallest absolute Gasteiger partial charge is 0.293 e. The maximum atomic E-state index is 11.7. The number of hydrogen-bond acceptors (Lipinski definition) is 6. The van der Waals surface area contributed by atoms with Crippen LogP contribution in [0.25, 0.3) is 0 Å². The second-order valence-corrected chi connectivity index (χ2v) is 8.54. The van der Waals surface area contributed by atoms with E-state index in [1.165, 1.54) is 10.9 Å². The molecule has 0 radical (unpaired) electrons. The monoisotopic (exact) mass is 352 g/mol. The normalized spacial score (nSPS) is 18.3. The first-order chi connectivity index (χ1) is 10.9. The molecule has 1 aliphatic heterocycles. The number of benzene rings is 1. The van der Waals surface area contributed by atoms with Crippen LogP contribution in [-0.4, -0.2) is 26.1 Å². The molecule has 0 saturated carbocycles. The van der Waals surface area contributed by atoms with Gasteiger partial charge in [-0.05, 0) is 36.4 Å². The Hall–Kier alpha value is -1.93. The lowest BCUT2D eigenvalue weighted by molar-refractivity contribution is -0.384. The maximum Gasteiger partial charge on any atom is 0.293 e. The summed E-state index contributed by atoms with van der Waals surface area (Å²) in [5.74, 6) is 0. The zero-order valence-corrected chi connectivity index (χ0v) is 14.1. The molecule has 0 bridgehead atoms. The zero-order valence-electron chi connectivity index (χ0n) is 12.5. The first kappa shape index (κ1) is 15.9. The molecule has 0 spiro atoms. The fourth-order valence-corrected chi connectivity index (χ4v) is 4.47. The summed E-state index contributed by atoms with van der Waals surface area (Å²) in [5, 5.41) is 13.4. The number of thiophene rings is 1. The minimum Gasteiger partial charge on any atom is -0.358 e. The fourth-order valence-electron chi connectivity index (χ4n) is 2.95. The highest BCUT2D eigenvalue weighted by Crippen LogP contribution is 2.42. The van der Waals surface area contributed by atoms with E-state index in [0.29, 0.717) is 5.69 Å². The van der Waals surface area contributed by atoms with Crippen LogP contribution in [0.2, 0.25) is 0 Å². The molecule has 1 aromatic carbocycles. The van der Waals surface area contributed by atoms with Gasteiger partial charge in [0, 0.05) is 23.7 Å². The molecule has 23 heavy (non-hydrogen) atoms. The molecule has 6 nitrogen and oxygen atoms in total. The average Bonchev–Trinajstić information content (AvgIpc) is 3.16. The number of nitro groups is 1. The van der Waals surface area contributed by atoms with Gasteiger partial charge in [0.1, 0.15) is 5.69 Å². The highest BCUT2D eigenvalue weighted by Gasteiger charge is 2.32. The van der Waals surface area contributed by atoms with Crippen LogP contribution >= 0.6 is 11.3 Å². The number of nitrogens with zero attached hydrogens (tertiary/aromatic N) is 2. The third kappa shape index (κ3) is 3.09. The van der Waals surface area contributed by atoms with E-state index in [1.807, 2.05) is 22.4 Å². The van der Waals surface area contributed by atoms with Crippen molar-refractivity contribution in [2.45, 2.75) is 23.8 Å². The lowest BCUT2D eigenvalue weighted by Gasteiger charge is -2.26. The van der Waals surface area contributed by atoms with E-state index in [2.05, 4.69) is 0 Å². The molecule has 3 rings (SSSR count). The summed E-state index contributed by atoms with van der Waals surface area (Å²) in [6, 6.07) is 8.27. The highest BCUT2D eigenvalue weighted by atomic mass is 32.2. The van der Waals surface area contributed by atoms with E-state index in [-0.39, 0.29) is 16.6 Å². The van der Waals surface area contributed by atoms with E-state index in [0.717, 1.165) is 31.7 Å². The highest BCUT2D eigenvalue weighted by molar-refractivity contribution is 7.90. The Morgan fingerprint density at radius 3 is 2.74 bits per heavy atom. The van der Waals surface area contributed by atoms with Gasteiger partial charge in [0.2, 0.25) is 0 Å². The van der Waals surface area contributed by atoms with Crippen LogP contribution in [0.5, 0.6) is 0 Å². The number of hydrogen-bond donors (Lipinski definition) is 0. The van der Waals surface area contributed by atoms with E-state index in [9.17, 15) is 18.5 Å². The maximum absolute atomic E-state index is 11.7. The Morgan fingerprint density at radius 2 is 2.13 bits per heavy atom. The molecule has 0 aliphatic carbocycles. The number of nitro benzene ring substituents is 1. The first-order valence-corrected chi connectivity index (χ1v) is 9.93. The summed E-state index contributed by atoms with van der Waals surface area (Å²) in [5.41, 5.74) is 0.328. The van der Waals surface area contributed by atoms with Crippen molar-refractivity contribution < 1.29 is 13.3 Å². The van der Waals surface area contributed by atoms with Crippen LogP contribution in [-0.2, 0) is 9.84 Å². The van der Waals surface area contributed by atoms with E-state index in [1.54, 1.807) is 17.4 Å². The minimum atomic E-state index is -3.48. The van der Waals surface area contributed by atoms with Crippen LogP contribution < -0.4 is 4.90 Å². The first-order valence-electron chi connectivity index (χ1n) is 7.16. The topological polar surface area (TPSA) is 80.5 Å². The van der Waals surface area contributed by atoms with E-state index in [4.69, 9.17) is 0 Å². The zero-order chi connectivity index (χ0) is 16.6. The number of sulfone groups is 1. The average molecular weight is 352 g/mol. The summed E-state index contributed by atoms with van der Waals surface area (Å²) in [6.07, 6.45) is 2.94. The molecule has 0 unspecified atom stereocenters. The summed E-state index contributed by atoms with van der Waals surface area (Å²) in [7, 11) is -3.48. The Morgan fingerprint density at radius 1 is 1.35 bits per heavy atom. The van der Waals surface area contributed by atoms with Crippen LogP contribution in [0.1, 0.15) is 23.8 Å². The second-order valence-electron chi connectivity index (χ2n) is 5.55. The van der Waals surface area contributed by atoms with Crippen LogP contribution in [0.15, 0.2) is 40.6 Å². The van der Waals surface area contributed by atoms with E-state index < -0.39 is 14.8 Å². The van der Waals surface area contributed by atoms with Crippen molar-refractivity contribution in [3.05, 3.63) is 50.7 Å². The largest absolute Gasteiger partial charge is 0.358 e. The molecule has 1 aromatic heterocycles. The lowest BCUT2D eigenvalue weighted by atomic mass is 10.1. The van der Waals surface area contributed by atoms with Crippen LogP contribution in [0.3, 0.4) is 0 Å². The van der Waals surface area contributed by atoms with Crippen molar-refractivity contribution in [1.29, 1.82) is 0 Å². The van der Waals surface area contributed by atoms with Crippen molar-refractivity contribution in [2.24, 2.45) is 0 Å². The molecule has 0 amide bonds. The summed E-state index contributed by atoms with van der Waals surface area (Å²) >= 11 is 1.63. The van der Waals surface area contributed by atoms with Crippen molar-refractivity contribution in [2.75, 3.05) is 17.7 Å². The van der Waals surface area contributed by atoms with Gasteiger partial charge in [-0.2, -0.15) is 0 Å². The predicted octanol–water partition coefficient (Wildman–Crippen LogP) is 3.40. The number of rotatable bonds is 4. The quantitative estimate of drug-likeness (QED) is 0.622. The molecule has 1 saturated heterocycles. The molecule has 2 aromatic rings. The summed E-state index contributed by atoms with van der Waals surface area (Å²) in [6.45, 7) is 0.724. The molecule has 1 atom stereocenters. The SMILES string of the molecule is CS(=O)(=O)c1ccc(N2CCC[C@H]2c2cccs2)c([N+](=O)[O-])c1.